The molecule has 1 amide bonds. The Morgan fingerprint density at radius 3 is 2.76 bits per heavy atom. The largest absolute Gasteiger partial charge is 0.371 e. The average Bonchev–Trinajstić information content (AvgIpc) is 3.20. The van der Waals surface area contributed by atoms with Crippen molar-refractivity contribution in [2.45, 2.75) is 38.6 Å². The molecule has 1 aromatic rings. The van der Waals surface area contributed by atoms with E-state index in [1.165, 1.54) is 25.7 Å². The van der Waals surface area contributed by atoms with E-state index in [-0.39, 0.29) is 11.9 Å². The van der Waals surface area contributed by atoms with Gasteiger partial charge in [0.2, 0.25) is 0 Å². The second-order valence-electron chi connectivity index (χ2n) is 6.43. The predicted molar refractivity (Wildman–Crippen MR) is 85.7 cm³/mol. The van der Waals surface area contributed by atoms with E-state index in [0.29, 0.717) is 12.5 Å². The zero-order chi connectivity index (χ0) is 14.8. The quantitative estimate of drug-likeness (QED) is 0.871. The molecule has 1 heterocycles. The maximum Gasteiger partial charge on any atom is 0.253 e. The van der Waals surface area contributed by atoms with Crippen LogP contribution in [0.5, 0.6) is 0 Å². The van der Waals surface area contributed by atoms with Crippen molar-refractivity contribution < 1.29 is 4.79 Å². The molecular weight excluding hydrogens is 262 g/mol. The van der Waals surface area contributed by atoms with Crippen molar-refractivity contribution in [1.29, 1.82) is 0 Å². The molecule has 0 aromatic heterocycles. The van der Waals surface area contributed by atoms with Gasteiger partial charge in [-0.2, -0.15) is 0 Å². The van der Waals surface area contributed by atoms with Gasteiger partial charge in [0, 0.05) is 31.4 Å². The predicted octanol–water partition coefficient (Wildman–Crippen LogP) is 2.06. The summed E-state index contributed by atoms with van der Waals surface area (Å²) in [5.74, 6) is 0.623. The number of anilines is 1. The van der Waals surface area contributed by atoms with Crippen LogP contribution in [0.4, 0.5) is 5.69 Å². The summed E-state index contributed by atoms with van der Waals surface area (Å²) >= 11 is 0. The van der Waals surface area contributed by atoms with Gasteiger partial charge in [0.05, 0.1) is 5.56 Å². The highest BCUT2D eigenvalue weighted by Crippen LogP contribution is 2.31. The molecule has 1 aliphatic carbocycles. The summed E-state index contributed by atoms with van der Waals surface area (Å²) in [7, 11) is 0. The SMILES string of the molecule is Cc1ccc(N2CCCC2)c(C(=O)NCC(N)C2CC2)c1. The third-order valence-electron chi connectivity index (χ3n) is 4.57. The van der Waals surface area contributed by atoms with Gasteiger partial charge in [-0.3, -0.25) is 4.79 Å². The number of aryl methyl sites for hydroxylation is 1. The van der Waals surface area contributed by atoms with Crippen LogP contribution in [0, 0.1) is 12.8 Å². The summed E-state index contributed by atoms with van der Waals surface area (Å²) in [6.07, 6.45) is 4.84. The normalized spacial score (nSPS) is 19.6. The number of nitrogens with one attached hydrogen (secondary N) is 1. The van der Waals surface area contributed by atoms with E-state index in [2.05, 4.69) is 22.3 Å². The van der Waals surface area contributed by atoms with Crippen LogP contribution in [-0.4, -0.2) is 31.6 Å². The minimum Gasteiger partial charge on any atom is -0.371 e. The molecule has 3 rings (SSSR count). The van der Waals surface area contributed by atoms with Crippen molar-refractivity contribution in [3.63, 3.8) is 0 Å². The molecule has 1 unspecified atom stereocenters. The molecule has 0 bridgehead atoms. The van der Waals surface area contributed by atoms with E-state index in [4.69, 9.17) is 5.73 Å². The first-order valence-corrected chi connectivity index (χ1v) is 8.04. The molecule has 1 aromatic carbocycles. The molecule has 2 aliphatic rings. The zero-order valence-electron chi connectivity index (χ0n) is 12.8. The molecule has 0 radical (unpaired) electrons. The molecular formula is C17H25N3O. The summed E-state index contributed by atoms with van der Waals surface area (Å²) in [4.78, 5) is 14.8. The van der Waals surface area contributed by atoms with Crippen molar-refractivity contribution >= 4 is 11.6 Å². The molecule has 1 aliphatic heterocycles. The molecule has 1 saturated carbocycles. The minimum atomic E-state index is 0.0108. The molecule has 4 heteroatoms. The van der Waals surface area contributed by atoms with Crippen molar-refractivity contribution in [2.75, 3.05) is 24.5 Å². The highest BCUT2D eigenvalue weighted by Gasteiger charge is 2.29. The first-order valence-electron chi connectivity index (χ1n) is 8.04. The van der Waals surface area contributed by atoms with Gasteiger partial charge in [-0.25, -0.2) is 0 Å². The van der Waals surface area contributed by atoms with E-state index in [0.717, 1.165) is 29.9 Å². The molecule has 2 fully saturated rings. The third-order valence-corrected chi connectivity index (χ3v) is 4.57. The van der Waals surface area contributed by atoms with Gasteiger partial charge < -0.3 is 16.0 Å². The fourth-order valence-electron chi connectivity index (χ4n) is 3.06. The number of benzene rings is 1. The van der Waals surface area contributed by atoms with Crippen molar-refractivity contribution in [2.24, 2.45) is 11.7 Å². The second-order valence-corrected chi connectivity index (χ2v) is 6.43. The second kappa shape index (κ2) is 6.06. The maximum atomic E-state index is 12.5. The molecule has 0 spiro atoms. The first-order chi connectivity index (χ1) is 10.1. The van der Waals surface area contributed by atoms with Gasteiger partial charge in [0.25, 0.3) is 5.91 Å². The van der Waals surface area contributed by atoms with Gasteiger partial charge in [0.15, 0.2) is 0 Å². The van der Waals surface area contributed by atoms with Gasteiger partial charge >= 0.3 is 0 Å². The van der Waals surface area contributed by atoms with Crippen LogP contribution in [0.25, 0.3) is 0 Å². The van der Waals surface area contributed by atoms with E-state index >= 15 is 0 Å². The lowest BCUT2D eigenvalue weighted by molar-refractivity contribution is 0.0950. The van der Waals surface area contributed by atoms with Crippen molar-refractivity contribution in [3.8, 4) is 0 Å². The fraction of sp³-hybridized carbons (Fsp3) is 0.588. The van der Waals surface area contributed by atoms with Gasteiger partial charge in [-0.1, -0.05) is 11.6 Å². The standard InChI is InChI=1S/C17H25N3O/c1-12-4-7-16(20-8-2-3-9-20)14(10-12)17(21)19-11-15(18)13-5-6-13/h4,7,10,13,15H,2-3,5-6,8-9,11,18H2,1H3,(H,19,21). The number of rotatable bonds is 5. The number of hydrogen-bond donors (Lipinski definition) is 2. The molecule has 1 saturated heterocycles. The Labute approximate surface area is 126 Å². The van der Waals surface area contributed by atoms with Crippen LogP contribution >= 0.6 is 0 Å². The lowest BCUT2D eigenvalue weighted by atomic mass is 10.1. The number of nitrogens with zero attached hydrogens (tertiary/aromatic N) is 1. The van der Waals surface area contributed by atoms with Crippen molar-refractivity contribution in [1.82, 2.24) is 5.32 Å². The monoisotopic (exact) mass is 287 g/mol. The Morgan fingerprint density at radius 2 is 2.10 bits per heavy atom. The summed E-state index contributed by atoms with van der Waals surface area (Å²) in [6.45, 7) is 4.70. The van der Waals surface area contributed by atoms with Crippen LogP contribution < -0.4 is 16.0 Å². The Bertz CT molecular complexity index is 519. The van der Waals surface area contributed by atoms with Gasteiger partial charge in [0.1, 0.15) is 0 Å². The highest BCUT2D eigenvalue weighted by molar-refractivity contribution is 6.00. The van der Waals surface area contributed by atoms with Gasteiger partial charge in [-0.15, -0.1) is 0 Å². The number of carbonyl (C=O) groups excluding carboxylic acids is 1. The molecule has 114 valence electrons. The van der Waals surface area contributed by atoms with Crippen LogP contribution in [-0.2, 0) is 0 Å². The van der Waals surface area contributed by atoms with Gasteiger partial charge in [-0.05, 0) is 50.7 Å². The third kappa shape index (κ3) is 3.38. The van der Waals surface area contributed by atoms with Crippen LogP contribution in [0.1, 0.15) is 41.6 Å². The Hall–Kier alpha value is -1.55. The lowest BCUT2D eigenvalue weighted by Crippen LogP contribution is -2.39. The number of carbonyl (C=O) groups is 1. The smallest absolute Gasteiger partial charge is 0.253 e. The number of hydrogen-bond acceptors (Lipinski definition) is 3. The van der Waals surface area contributed by atoms with Crippen LogP contribution in [0.3, 0.4) is 0 Å². The fourth-order valence-corrected chi connectivity index (χ4v) is 3.06. The number of amides is 1. The molecule has 3 N–H and O–H groups in total. The minimum absolute atomic E-state index is 0.0108. The summed E-state index contributed by atoms with van der Waals surface area (Å²) in [5, 5.41) is 3.02. The Balaban J connectivity index is 1.72. The lowest BCUT2D eigenvalue weighted by Gasteiger charge is -2.22. The van der Waals surface area contributed by atoms with E-state index in [1.54, 1.807) is 0 Å². The van der Waals surface area contributed by atoms with E-state index < -0.39 is 0 Å². The molecule has 1 atom stereocenters. The summed E-state index contributed by atoms with van der Waals surface area (Å²) < 4.78 is 0. The van der Waals surface area contributed by atoms with Crippen LogP contribution in [0.15, 0.2) is 18.2 Å². The number of nitrogens with two attached hydrogens (primary N) is 1. The highest BCUT2D eigenvalue weighted by atomic mass is 16.1. The summed E-state index contributed by atoms with van der Waals surface area (Å²) in [5.41, 5.74) is 9.05. The van der Waals surface area contributed by atoms with Crippen LogP contribution in [0.2, 0.25) is 0 Å². The summed E-state index contributed by atoms with van der Waals surface area (Å²) in [6, 6.07) is 6.26. The maximum absolute atomic E-state index is 12.5. The van der Waals surface area contributed by atoms with E-state index in [1.807, 2.05) is 13.0 Å². The van der Waals surface area contributed by atoms with Crippen molar-refractivity contribution in [3.05, 3.63) is 29.3 Å². The zero-order valence-corrected chi connectivity index (χ0v) is 12.8. The topological polar surface area (TPSA) is 58.4 Å². The Kier molecular flexibility index (Phi) is 4.15. The van der Waals surface area contributed by atoms with E-state index in [9.17, 15) is 4.79 Å². The average molecular weight is 287 g/mol. The Morgan fingerprint density at radius 1 is 1.38 bits per heavy atom. The first kappa shape index (κ1) is 14.4. The molecule has 21 heavy (non-hydrogen) atoms. The molecule has 4 nitrogen and oxygen atoms in total.